The smallest absolute Gasteiger partial charge is 0.154 e. The van der Waals surface area contributed by atoms with Crippen LogP contribution in [-0.2, 0) is 16.3 Å². The van der Waals surface area contributed by atoms with Gasteiger partial charge in [-0.05, 0) is 52.9 Å². The maximum atomic E-state index is 11.4. The molecule has 6 heteroatoms. The van der Waals surface area contributed by atoms with Crippen molar-refractivity contribution in [3.63, 3.8) is 0 Å². The minimum Gasteiger partial charge on any atom is -0.488 e. The Morgan fingerprint density at radius 3 is 2.80 bits per heavy atom. The third kappa shape index (κ3) is 4.20. The summed E-state index contributed by atoms with van der Waals surface area (Å²) in [6, 6.07) is 6.02. The molecule has 1 aliphatic rings. The average molecular weight is 362 g/mol. The predicted molar refractivity (Wildman–Crippen MR) is 83.8 cm³/mol. The van der Waals surface area contributed by atoms with Crippen LogP contribution in [-0.4, -0.2) is 32.1 Å². The number of benzene rings is 1. The first kappa shape index (κ1) is 15.8. The molecule has 0 aliphatic carbocycles. The van der Waals surface area contributed by atoms with Gasteiger partial charge < -0.3 is 10.5 Å². The molecule has 1 aliphatic heterocycles. The highest BCUT2D eigenvalue weighted by Gasteiger charge is 2.29. The highest BCUT2D eigenvalue weighted by Crippen LogP contribution is 2.29. The lowest BCUT2D eigenvalue weighted by Gasteiger charge is -2.15. The minimum atomic E-state index is -2.91. The molecule has 2 atom stereocenters. The second-order valence-corrected chi connectivity index (χ2v) is 8.36. The van der Waals surface area contributed by atoms with Gasteiger partial charge in [-0.25, -0.2) is 8.42 Å². The van der Waals surface area contributed by atoms with Gasteiger partial charge in [-0.1, -0.05) is 13.0 Å². The Morgan fingerprint density at radius 1 is 1.50 bits per heavy atom. The van der Waals surface area contributed by atoms with Gasteiger partial charge >= 0.3 is 0 Å². The molecule has 0 saturated carbocycles. The molecule has 112 valence electrons. The van der Waals surface area contributed by atoms with E-state index >= 15 is 0 Å². The van der Waals surface area contributed by atoms with Gasteiger partial charge in [0.25, 0.3) is 0 Å². The zero-order chi connectivity index (χ0) is 14.8. The third-order valence-electron chi connectivity index (χ3n) is 3.50. The van der Waals surface area contributed by atoms with E-state index in [9.17, 15) is 8.42 Å². The van der Waals surface area contributed by atoms with E-state index in [1.807, 2.05) is 18.2 Å². The zero-order valence-electron chi connectivity index (χ0n) is 11.5. The van der Waals surface area contributed by atoms with Gasteiger partial charge in [-0.2, -0.15) is 0 Å². The number of nitrogens with two attached hydrogens (primary N) is 1. The summed E-state index contributed by atoms with van der Waals surface area (Å²) in [5.41, 5.74) is 7.09. The van der Waals surface area contributed by atoms with E-state index in [0.29, 0.717) is 12.2 Å². The van der Waals surface area contributed by atoms with E-state index in [-0.39, 0.29) is 23.7 Å². The van der Waals surface area contributed by atoms with Gasteiger partial charge in [0.15, 0.2) is 9.84 Å². The highest BCUT2D eigenvalue weighted by molar-refractivity contribution is 9.10. The monoisotopic (exact) mass is 361 g/mol. The number of hydrogen-bond acceptors (Lipinski definition) is 4. The summed E-state index contributed by atoms with van der Waals surface area (Å²) in [7, 11) is -2.91. The summed E-state index contributed by atoms with van der Waals surface area (Å²) >= 11 is 3.48. The number of ether oxygens (including phenoxy) is 1. The predicted octanol–water partition coefficient (Wildman–Crippen LogP) is 2.29. The van der Waals surface area contributed by atoms with Crippen LogP contribution in [0.3, 0.4) is 0 Å². The maximum Gasteiger partial charge on any atom is 0.154 e. The SMILES string of the molecule is CCC(N)Cc1ccc(OC2CCS(=O)(=O)C2)c(Br)c1. The Hall–Kier alpha value is -0.590. The van der Waals surface area contributed by atoms with E-state index in [1.165, 1.54) is 0 Å². The van der Waals surface area contributed by atoms with Gasteiger partial charge in [-0.15, -0.1) is 0 Å². The van der Waals surface area contributed by atoms with E-state index in [0.717, 1.165) is 22.9 Å². The highest BCUT2D eigenvalue weighted by atomic mass is 79.9. The standard InChI is InChI=1S/C14H20BrNO3S/c1-2-11(16)7-10-3-4-14(13(15)8-10)19-12-5-6-20(17,18)9-12/h3-4,8,11-12H,2,5-7,9,16H2,1H3. The molecule has 2 rings (SSSR count). The van der Waals surface area contributed by atoms with Crippen molar-refractivity contribution in [2.75, 3.05) is 11.5 Å². The normalized spacial score (nSPS) is 22.6. The molecular weight excluding hydrogens is 342 g/mol. The topological polar surface area (TPSA) is 69.4 Å². The molecule has 0 bridgehead atoms. The Labute approximate surface area is 128 Å². The maximum absolute atomic E-state index is 11.4. The summed E-state index contributed by atoms with van der Waals surface area (Å²) in [5, 5.41) is 0. The van der Waals surface area contributed by atoms with Crippen LogP contribution in [0, 0.1) is 0 Å². The molecule has 1 fully saturated rings. The van der Waals surface area contributed by atoms with Crippen molar-refractivity contribution in [2.24, 2.45) is 5.73 Å². The van der Waals surface area contributed by atoms with Gasteiger partial charge in [0, 0.05) is 6.04 Å². The fourth-order valence-corrected chi connectivity index (χ4v) is 4.36. The third-order valence-corrected chi connectivity index (χ3v) is 5.86. The summed E-state index contributed by atoms with van der Waals surface area (Å²) < 4.78 is 29.5. The molecule has 0 radical (unpaired) electrons. The van der Waals surface area contributed by atoms with Crippen LogP contribution in [0.15, 0.2) is 22.7 Å². The van der Waals surface area contributed by atoms with E-state index in [2.05, 4.69) is 22.9 Å². The Bertz CT molecular complexity index is 574. The largest absolute Gasteiger partial charge is 0.488 e. The average Bonchev–Trinajstić information content (AvgIpc) is 2.72. The minimum absolute atomic E-state index is 0.113. The summed E-state index contributed by atoms with van der Waals surface area (Å²) in [6.07, 6.45) is 2.10. The molecule has 1 heterocycles. The van der Waals surface area contributed by atoms with Crippen molar-refractivity contribution in [1.82, 2.24) is 0 Å². The Kier molecular flexibility index (Phi) is 5.09. The quantitative estimate of drug-likeness (QED) is 0.873. The first-order valence-electron chi connectivity index (χ1n) is 6.80. The molecule has 4 nitrogen and oxygen atoms in total. The Balaban J connectivity index is 2.03. The summed E-state index contributed by atoms with van der Waals surface area (Å²) in [5.74, 6) is 1.03. The van der Waals surface area contributed by atoms with Crippen molar-refractivity contribution in [3.05, 3.63) is 28.2 Å². The molecular formula is C14H20BrNO3S. The van der Waals surface area contributed by atoms with Gasteiger partial charge in [0.2, 0.25) is 0 Å². The van der Waals surface area contributed by atoms with Crippen molar-refractivity contribution in [3.8, 4) is 5.75 Å². The Morgan fingerprint density at radius 2 is 2.25 bits per heavy atom. The van der Waals surface area contributed by atoms with E-state index in [4.69, 9.17) is 10.5 Å². The van der Waals surface area contributed by atoms with E-state index in [1.54, 1.807) is 0 Å². The molecule has 2 unspecified atom stereocenters. The fraction of sp³-hybridized carbons (Fsp3) is 0.571. The van der Waals surface area contributed by atoms with Gasteiger partial charge in [0.1, 0.15) is 11.9 Å². The molecule has 1 aromatic carbocycles. The van der Waals surface area contributed by atoms with Crippen molar-refractivity contribution in [2.45, 2.75) is 38.3 Å². The molecule has 1 saturated heterocycles. The molecule has 0 amide bonds. The molecule has 20 heavy (non-hydrogen) atoms. The fourth-order valence-electron chi connectivity index (χ4n) is 2.25. The first-order chi connectivity index (χ1) is 9.39. The van der Waals surface area contributed by atoms with Gasteiger partial charge in [0.05, 0.1) is 16.0 Å². The number of hydrogen-bond donors (Lipinski definition) is 1. The summed E-state index contributed by atoms with van der Waals surface area (Å²) in [4.78, 5) is 0. The van der Waals surface area contributed by atoms with Crippen LogP contribution in [0.4, 0.5) is 0 Å². The van der Waals surface area contributed by atoms with Crippen molar-refractivity contribution < 1.29 is 13.2 Å². The zero-order valence-corrected chi connectivity index (χ0v) is 13.9. The van der Waals surface area contributed by atoms with Crippen LogP contribution in [0.2, 0.25) is 0 Å². The molecule has 1 aromatic rings. The lowest BCUT2D eigenvalue weighted by Crippen LogP contribution is -2.21. The molecule has 2 N–H and O–H groups in total. The van der Waals surface area contributed by atoms with Crippen LogP contribution >= 0.6 is 15.9 Å². The van der Waals surface area contributed by atoms with Crippen LogP contribution < -0.4 is 10.5 Å². The number of rotatable bonds is 5. The van der Waals surface area contributed by atoms with Crippen LogP contribution in [0.5, 0.6) is 5.75 Å². The molecule has 0 aromatic heterocycles. The first-order valence-corrected chi connectivity index (χ1v) is 9.42. The van der Waals surface area contributed by atoms with Crippen LogP contribution in [0.1, 0.15) is 25.3 Å². The summed E-state index contributed by atoms with van der Waals surface area (Å²) in [6.45, 7) is 2.07. The van der Waals surface area contributed by atoms with E-state index < -0.39 is 9.84 Å². The van der Waals surface area contributed by atoms with Crippen molar-refractivity contribution in [1.29, 1.82) is 0 Å². The number of halogens is 1. The second kappa shape index (κ2) is 6.45. The number of sulfone groups is 1. The van der Waals surface area contributed by atoms with Crippen LogP contribution in [0.25, 0.3) is 0 Å². The lowest BCUT2D eigenvalue weighted by atomic mass is 10.0. The lowest BCUT2D eigenvalue weighted by molar-refractivity contribution is 0.227. The van der Waals surface area contributed by atoms with Crippen molar-refractivity contribution >= 4 is 25.8 Å². The van der Waals surface area contributed by atoms with Gasteiger partial charge in [-0.3, -0.25) is 0 Å². The second-order valence-electron chi connectivity index (χ2n) is 5.28. The molecule has 0 spiro atoms.